The average molecular weight is 388 g/mol. The molecule has 0 saturated carbocycles. The number of alkyl carbamates (subject to hydrolysis) is 1. The van der Waals surface area contributed by atoms with Crippen LogP contribution in [-0.2, 0) is 4.74 Å². The number of carbonyl (C=O) groups is 1. The van der Waals surface area contributed by atoms with Crippen LogP contribution >= 0.6 is 11.8 Å². The molecule has 0 fully saturated rings. The number of amides is 1. The Kier molecular flexibility index (Phi) is 5.46. The normalized spacial score (nSPS) is 14.8. The Morgan fingerprint density at radius 2 is 1.93 bits per heavy atom. The molecule has 144 valence electrons. The Balaban J connectivity index is 1.84. The summed E-state index contributed by atoms with van der Waals surface area (Å²) in [4.78, 5) is 12.3. The van der Waals surface area contributed by atoms with Crippen LogP contribution in [0.2, 0.25) is 0 Å². The van der Waals surface area contributed by atoms with E-state index in [4.69, 9.17) is 4.74 Å². The summed E-state index contributed by atoms with van der Waals surface area (Å²) in [7, 11) is 0. The molecule has 2 heterocycles. The molecule has 0 spiro atoms. The maximum atomic E-state index is 12.3. The van der Waals surface area contributed by atoms with Crippen LogP contribution in [-0.4, -0.2) is 26.6 Å². The lowest BCUT2D eigenvalue weighted by atomic mass is 10.0. The lowest BCUT2D eigenvalue weighted by Crippen LogP contribution is -2.38. The number of rotatable bonds is 4. The van der Waals surface area contributed by atoms with Crippen LogP contribution < -0.4 is 10.7 Å². The van der Waals surface area contributed by atoms with Crippen molar-refractivity contribution in [3.05, 3.63) is 47.1 Å². The van der Waals surface area contributed by atoms with Gasteiger partial charge in [-0.15, -0.1) is 10.2 Å². The van der Waals surface area contributed by atoms with Crippen LogP contribution in [0.5, 0.6) is 0 Å². The van der Waals surface area contributed by atoms with Gasteiger partial charge in [0.15, 0.2) is 5.82 Å². The van der Waals surface area contributed by atoms with Gasteiger partial charge in [0, 0.05) is 5.41 Å². The van der Waals surface area contributed by atoms with Gasteiger partial charge in [-0.3, -0.25) is 5.43 Å². The highest BCUT2D eigenvalue weighted by Crippen LogP contribution is 2.31. The predicted octanol–water partition coefficient (Wildman–Crippen LogP) is 4.15. The first kappa shape index (κ1) is 19.3. The maximum absolute atomic E-state index is 12.3. The number of thioether (sulfide) groups is 1. The number of hydrogen-bond donors (Lipinski definition) is 2. The molecule has 0 aliphatic carbocycles. The lowest BCUT2D eigenvalue weighted by molar-refractivity contribution is 0.0485. The number of hydrogen-bond acceptors (Lipinski definition) is 6. The van der Waals surface area contributed by atoms with Crippen molar-refractivity contribution in [2.75, 3.05) is 5.43 Å². The van der Waals surface area contributed by atoms with Crippen LogP contribution in [0.1, 0.15) is 52.0 Å². The Hall–Kier alpha value is -2.48. The molecule has 1 aromatic heterocycles. The van der Waals surface area contributed by atoms with Gasteiger partial charge < -0.3 is 10.1 Å². The maximum Gasteiger partial charge on any atom is 0.408 e. The zero-order valence-corrected chi connectivity index (χ0v) is 17.0. The highest BCUT2D eigenvalue weighted by molar-refractivity contribution is 8.02. The summed E-state index contributed by atoms with van der Waals surface area (Å²) < 4.78 is 7.23. The molecule has 0 saturated heterocycles. The highest BCUT2D eigenvalue weighted by atomic mass is 32.2. The molecular formula is C19H25N5O2S. The number of ether oxygens (including phenoxy) is 1. The number of carbonyl (C=O) groups excluding carboxylic acids is 1. The molecular weight excluding hydrogens is 362 g/mol. The fourth-order valence-electron chi connectivity index (χ4n) is 2.64. The number of aromatic nitrogens is 3. The van der Waals surface area contributed by atoms with Crippen LogP contribution in [0.25, 0.3) is 5.70 Å². The summed E-state index contributed by atoms with van der Waals surface area (Å²) in [5.74, 6) is 0.739. The Bertz CT molecular complexity index is 840. The van der Waals surface area contributed by atoms with Gasteiger partial charge in [0.25, 0.3) is 0 Å². The Labute approximate surface area is 163 Å². The van der Waals surface area contributed by atoms with E-state index in [-0.39, 0.29) is 12.0 Å². The van der Waals surface area contributed by atoms with Crippen molar-refractivity contribution in [3.63, 3.8) is 0 Å². The first-order valence-electron chi connectivity index (χ1n) is 8.88. The minimum atomic E-state index is -0.562. The van der Waals surface area contributed by atoms with Gasteiger partial charge in [-0.25, -0.2) is 9.47 Å². The number of nitrogens with zero attached hydrogens (tertiary/aromatic N) is 3. The first-order valence-corrected chi connectivity index (χ1v) is 9.76. The minimum absolute atomic E-state index is 0.101. The second-order valence-electron chi connectivity index (χ2n) is 7.67. The van der Waals surface area contributed by atoms with Crippen molar-refractivity contribution in [3.8, 4) is 0 Å². The highest BCUT2D eigenvalue weighted by Gasteiger charge is 2.29. The second-order valence-corrected chi connectivity index (χ2v) is 8.51. The minimum Gasteiger partial charge on any atom is -0.444 e. The van der Waals surface area contributed by atoms with Crippen molar-refractivity contribution in [2.24, 2.45) is 5.92 Å². The van der Waals surface area contributed by atoms with Gasteiger partial charge >= 0.3 is 6.09 Å². The summed E-state index contributed by atoms with van der Waals surface area (Å²) in [6.45, 7) is 9.56. The molecule has 7 nitrogen and oxygen atoms in total. The van der Waals surface area contributed by atoms with Gasteiger partial charge in [-0.2, -0.15) is 0 Å². The van der Waals surface area contributed by atoms with Crippen molar-refractivity contribution in [1.82, 2.24) is 20.2 Å². The van der Waals surface area contributed by atoms with E-state index >= 15 is 0 Å². The van der Waals surface area contributed by atoms with Crippen molar-refractivity contribution in [1.29, 1.82) is 0 Å². The Morgan fingerprint density at radius 3 is 2.56 bits per heavy atom. The topological polar surface area (TPSA) is 81.1 Å². The SMILES string of the molecule is CC(C)[C@H](NC(=O)OC(C)(C)C)c1nnc2n1NC(c1ccccc1)=CS2. The molecule has 1 amide bonds. The van der Waals surface area contributed by atoms with E-state index in [0.717, 1.165) is 16.4 Å². The summed E-state index contributed by atoms with van der Waals surface area (Å²) in [5.41, 5.74) is 4.82. The molecule has 0 unspecified atom stereocenters. The molecule has 8 heteroatoms. The lowest BCUT2D eigenvalue weighted by Gasteiger charge is -2.27. The van der Waals surface area contributed by atoms with E-state index in [1.807, 2.05) is 75.0 Å². The van der Waals surface area contributed by atoms with Gasteiger partial charge in [-0.05, 0) is 32.3 Å². The third kappa shape index (κ3) is 4.63. The predicted molar refractivity (Wildman–Crippen MR) is 107 cm³/mol. The molecule has 1 aromatic carbocycles. The summed E-state index contributed by atoms with van der Waals surface area (Å²) in [6.07, 6.45) is -0.471. The summed E-state index contributed by atoms with van der Waals surface area (Å²) >= 11 is 1.49. The van der Waals surface area contributed by atoms with Crippen LogP contribution in [0.15, 0.2) is 40.9 Å². The van der Waals surface area contributed by atoms with Gasteiger partial charge in [0.1, 0.15) is 5.60 Å². The van der Waals surface area contributed by atoms with E-state index in [0.29, 0.717) is 5.82 Å². The molecule has 1 aliphatic rings. The number of fused-ring (bicyclic) bond motifs is 1. The molecule has 1 atom stereocenters. The van der Waals surface area contributed by atoms with Crippen LogP contribution in [0.4, 0.5) is 4.79 Å². The van der Waals surface area contributed by atoms with Crippen molar-refractivity contribution >= 4 is 23.6 Å². The van der Waals surface area contributed by atoms with E-state index < -0.39 is 11.7 Å². The van der Waals surface area contributed by atoms with Crippen LogP contribution in [0.3, 0.4) is 0 Å². The molecule has 3 rings (SSSR count). The fraction of sp³-hybridized carbons (Fsp3) is 0.421. The van der Waals surface area contributed by atoms with Crippen LogP contribution in [0, 0.1) is 5.92 Å². The largest absolute Gasteiger partial charge is 0.444 e. The molecule has 0 bridgehead atoms. The van der Waals surface area contributed by atoms with E-state index in [1.54, 1.807) is 0 Å². The average Bonchev–Trinajstić information content (AvgIpc) is 3.01. The van der Waals surface area contributed by atoms with Crippen molar-refractivity contribution in [2.45, 2.75) is 51.4 Å². The Morgan fingerprint density at radius 1 is 1.22 bits per heavy atom. The molecule has 2 N–H and O–H groups in total. The second kappa shape index (κ2) is 7.64. The third-order valence-electron chi connectivity index (χ3n) is 3.87. The quantitative estimate of drug-likeness (QED) is 0.820. The zero-order valence-electron chi connectivity index (χ0n) is 16.2. The zero-order chi connectivity index (χ0) is 19.6. The standard InChI is InChI=1S/C19H25N5O2S/c1-12(2)15(20-18(25)26-19(3,4)5)16-21-22-17-24(16)23-14(11-27-17)13-9-7-6-8-10-13/h6-12,15,23H,1-5H3,(H,20,25)/t15-/m0/s1. The van der Waals surface area contributed by atoms with Crippen molar-refractivity contribution < 1.29 is 9.53 Å². The molecule has 0 radical (unpaired) electrons. The van der Waals surface area contributed by atoms with Gasteiger partial charge in [0.2, 0.25) is 5.16 Å². The summed E-state index contributed by atoms with van der Waals surface area (Å²) in [5, 5.41) is 14.2. The first-order chi connectivity index (χ1) is 12.7. The van der Waals surface area contributed by atoms with E-state index in [1.165, 1.54) is 11.8 Å². The monoisotopic (exact) mass is 387 g/mol. The van der Waals surface area contributed by atoms with E-state index in [2.05, 4.69) is 20.9 Å². The fourth-order valence-corrected chi connectivity index (χ4v) is 3.38. The molecule has 1 aliphatic heterocycles. The summed E-state index contributed by atoms with van der Waals surface area (Å²) in [6, 6.07) is 9.69. The van der Waals surface area contributed by atoms with E-state index in [9.17, 15) is 4.79 Å². The molecule has 2 aromatic rings. The van der Waals surface area contributed by atoms with Gasteiger partial charge in [0.05, 0.1) is 11.7 Å². The third-order valence-corrected chi connectivity index (χ3v) is 4.70. The van der Waals surface area contributed by atoms with Gasteiger partial charge in [-0.1, -0.05) is 55.9 Å². The molecule has 27 heavy (non-hydrogen) atoms. The number of benzene rings is 1. The smallest absolute Gasteiger partial charge is 0.408 e. The number of nitrogens with one attached hydrogen (secondary N) is 2.